The fourth-order valence-electron chi connectivity index (χ4n) is 3.53. The molecule has 142 valence electrons. The summed E-state index contributed by atoms with van der Waals surface area (Å²) in [4.78, 5) is 14.6. The molecule has 1 fully saturated rings. The van der Waals surface area contributed by atoms with Crippen LogP contribution in [-0.4, -0.2) is 49.8 Å². The van der Waals surface area contributed by atoms with E-state index in [2.05, 4.69) is 4.90 Å². The predicted octanol–water partition coefficient (Wildman–Crippen LogP) is 2.84. The summed E-state index contributed by atoms with van der Waals surface area (Å²) in [6.07, 6.45) is 3.10. The number of anilines is 1. The van der Waals surface area contributed by atoms with Crippen LogP contribution in [0.25, 0.3) is 0 Å². The molecule has 0 aromatic heterocycles. The second-order valence-corrected chi connectivity index (χ2v) is 6.47. The third-order valence-electron chi connectivity index (χ3n) is 4.86. The van der Waals surface area contributed by atoms with E-state index in [1.165, 1.54) is 13.3 Å². The zero-order valence-corrected chi connectivity index (χ0v) is 15.6. The summed E-state index contributed by atoms with van der Waals surface area (Å²) < 4.78 is 10.9. The van der Waals surface area contributed by atoms with Crippen LogP contribution >= 0.6 is 0 Å². The first-order chi connectivity index (χ1) is 13.1. The standard InChI is InChI=1S/C21H24N2O4/c1-26-18-12-10-17(11-13-18)22-14-6-9-19(22)20(21(24)27-2)23(25)15-16-7-4-3-5-8-16/h3-5,7-8,10-13,15,19-20H,6,9,14H2,1-2H3/b23-15+. The Morgan fingerprint density at radius 3 is 2.52 bits per heavy atom. The molecule has 1 heterocycles. The first-order valence-corrected chi connectivity index (χ1v) is 8.98. The van der Waals surface area contributed by atoms with Crippen molar-refractivity contribution in [3.63, 3.8) is 0 Å². The first kappa shape index (κ1) is 18.8. The third-order valence-corrected chi connectivity index (χ3v) is 4.86. The molecule has 3 rings (SSSR count). The molecule has 1 aliphatic heterocycles. The number of ether oxygens (including phenoxy) is 2. The summed E-state index contributed by atoms with van der Waals surface area (Å²) >= 11 is 0. The fraction of sp³-hybridized carbons (Fsp3) is 0.333. The molecular formula is C21H24N2O4. The monoisotopic (exact) mass is 368 g/mol. The van der Waals surface area contributed by atoms with Crippen molar-refractivity contribution in [2.24, 2.45) is 0 Å². The van der Waals surface area contributed by atoms with Gasteiger partial charge in [-0.2, -0.15) is 4.74 Å². The summed E-state index contributed by atoms with van der Waals surface area (Å²) in [7, 11) is 2.94. The van der Waals surface area contributed by atoms with Crippen LogP contribution in [0.15, 0.2) is 54.6 Å². The van der Waals surface area contributed by atoms with E-state index in [0.29, 0.717) is 0 Å². The second kappa shape index (κ2) is 8.58. The normalized spacial score (nSPS) is 18.2. The Morgan fingerprint density at radius 1 is 1.19 bits per heavy atom. The van der Waals surface area contributed by atoms with Crippen LogP contribution in [0.4, 0.5) is 5.69 Å². The highest BCUT2D eigenvalue weighted by Gasteiger charge is 2.42. The molecular weight excluding hydrogens is 344 g/mol. The molecule has 0 aliphatic carbocycles. The minimum absolute atomic E-state index is 0.261. The van der Waals surface area contributed by atoms with Gasteiger partial charge in [0.25, 0.3) is 6.04 Å². The minimum atomic E-state index is -0.931. The minimum Gasteiger partial charge on any atom is -0.623 e. The molecule has 1 saturated heterocycles. The maximum absolute atomic E-state index is 12.9. The van der Waals surface area contributed by atoms with Gasteiger partial charge in [0.15, 0.2) is 6.21 Å². The van der Waals surface area contributed by atoms with Crippen LogP contribution in [-0.2, 0) is 9.53 Å². The van der Waals surface area contributed by atoms with E-state index in [-0.39, 0.29) is 6.04 Å². The van der Waals surface area contributed by atoms with Crippen molar-refractivity contribution in [2.45, 2.75) is 24.9 Å². The van der Waals surface area contributed by atoms with E-state index in [0.717, 1.165) is 41.1 Å². The first-order valence-electron chi connectivity index (χ1n) is 8.98. The summed E-state index contributed by atoms with van der Waals surface area (Å²) in [5.74, 6) is 0.240. The summed E-state index contributed by atoms with van der Waals surface area (Å²) in [6, 6.07) is 15.7. The number of methoxy groups -OCH3 is 2. The summed E-state index contributed by atoms with van der Waals surface area (Å²) in [5.41, 5.74) is 1.70. The lowest BCUT2D eigenvalue weighted by molar-refractivity contribution is -0.487. The van der Waals surface area contributed by atoms with Gasteiger partial charge in [0, 0.05) is 17.8 Å². The molecule has 6 nitrogen and oxygen atoms in total. The molecule has 0 amide bonds. The molecule has 0 saturated carbocycles. The topological polar surface area (TPSA) is 64.8 Å². The van der Waals surface area contributed by atoms with Crippen molar-refractivity contribution in [3.8, 4) is 5.75 Å². The average molecular weight is 368 g/mol. The summed E-state index contributed by atoms with van der Waals surface area (Å²) in [6.45, 7) is 0.781. The second-order valence-electron chi connectivity index (χ2n) is 6.47. The van der Waals surface area contributed by atoms with Crippen LogP contribution in [0.2, 0.25) is 0 Å². The van der Waals surface area contributed by atoms with Crippen molar-refractivity contribution in [3.05, 3.63) is 65.4 Å². The van der Waals surface area contributed by atoms with Gasteiger partial charge in [0.05, 0.1) is 14.2 Å². The van der Waals surface area contributed by atoms with Crippen LogP contribution in [0.1, 0.15) is 18.4 Å². The average Bonchev–Trinajstić information content (AvgIpc) is 3.18. The highest BCUT2D eigenvalue weighted by Crippen LogP contribution is 2.30. The van der Waals surface area contributed by atoms with E-state index in [1.807, 2.05) is 54.6 Å². The zero-order chi connectivity index (χ0) is 19.2. The van der Waals surface area contributed by atoms with Crippen molar-refractivity contribution < 1.29 is 19.0 Å². The van der Waals surface area contributed by atoms with E-state index in [9.17, 15) is 10.0 Å². The maximum Gasteiger partial charge on any atom is 0.378 e. The van der Waals surface area contributed by atoms with Gasteiger partial charge in [-0.05, 0) is 49.2 Å². The van der Waals surface area contributed by atoms with E-state index < -0.39 is 12.0 Å². The third kappa shape index (κ3) is 4.22. The number of hydrogen-bond acceptors (Lipinski definition) is 5. The van der Waals surface area contributed by atoms with Gasteiger partial charge in [0.1, 0.15) is 11.8 Å². The van der Waals surface area contributed by atoms with Crippen molar-refractivity contribution in [1.82, 2.24) is 0 Å². The van der Waals surface area contributed by atoms with Crippen molar-refractivity contribution >= 4 is 17.9 Å². The Labute approximate surface area is 159 Å². The molecule has 2 aromatic carbocycles. The Balaban J connectivity index is 1.91. The maximum atomic E-state index is 12.9. The Hall–Kier alpha value is -3.02. The van der Waals surface area contributed by atoms with Gasteiger partial charge >= 0.3 is 5.97 Å². The van der Waals surface area contributed by atoms with E-state index >= 15 is 0 Å². The van der Waals surface area contributed by atoms with Crippen LogP contribution in [0.5, 0.6) is 5.75 Å². The Morgan fingerprint density at radius 2 is 1.89 bits per heavy atom. The molecule has 0 bridgehead atoms. The molecule has 2 unspecified atom stereocenters. The SMILES string of the molecule is COC(=O)C(C1CCCN1c1ccc(OC)cc1)/[N+]([O-])=C\c1ccccc1. The number of benzene rings is 2. The predicted molar refractivity (Wildman–Crippen MR) is 104 cm³/mol. The highest BCUT2D eigenvalue weighted by atomic mass is 16.5. The largest absolute Gasteiger partial charge is 0.623 e. The smallest absolute Gasteiger partial charge is 0.378 e. The number of hydrogen-bond donors (Lipinski definition) is 0. The van der Waals surface area contributed by atoms with Gasteiger partial charge in [0.2, 0.25) is 0 Å². The van der Waals surface area contributed by atoms with Gasteiger partial charge in [-0.25, -0.2) is 4.79 Å². The molecule has 1 aliphatic rings. The molecule has 0 N–H and O–H groups in total. The Bertz CT molecular complexity index is 790. The van der Waals surface area contributed by atoms with Crippen molar-refractivity contribution in [1.29, 1.82) is 0 Å². The van der Waals surface area contributed by atoms with Gasteiger partial charge in [-0.3, -0.25) is 0 Å². The van der Waals surface area contributed by atoms with Gasteiger partial charge in [-0.1, -0.05) is 18.2 Å². The lowest BCUT2D eigenvalue weighted by atomic mass is 10.1. The van der Waals surface area contributed by atoms with Gasteiger partial charge in [-0.15, -0.1) is 0 Å². The molecule has 27 heavy (non-hydrogen) atoms. The molecule has 2 aromatic rings. The summed E-state index contributed by atoms with van der Waals surface area (Å²) in [5, 5.41) is 12.9. The molecule has 0 spiro atoms. The number of hydroxylamine groups is 1. The number of carbonyl (C=O) groups excluding carboxylic acids is 1. The van der Waals surface area contributed by atoms with Crippen molar-refractivity contribution in [2.75, 3.05) is 25.7 Å². The lowest BCUT2D eigenvalue weighted by Gasteiger charge is -2.30. The van der Waals surface area contributed by atoms with Crippen LogP contribution in [0, 0.1) is 5.21 Å². The molecule has 2 atom stereocenters. The fourth-order valence-corrected chi connectivity index (χ4v) is 3.53. The Kier molecular flexibility index (Phi) is 5.96. The molecule has 0 radical (unpaired) electrons. The number of esters is 1. The highest BCUT2D eigenvalue weighted by molar-refractivity contribution is 5.80. The van der Waals surface area contributed by atoms with Gasteiger partial charge < -0.3 is 19.6 Å². The quantitative estimate of drug-likeness (QED) is 0.258. The van der Waals surface area contributed by atoms with E-state index in [4.69, 9.17) is 9.47 Å². The van der Waals surface area contributed by atoms with Crippen LogP contribution < -0.4 is 9.64 Å². The molecule has 6 heteroatoms. The number of carbonyl (C=O) groups is 1. The number of rotatable bonds is 6. The van der Waals surface area contributed by atoms with Crippen LogP contribution in [0.3, 0.4) is 0 Å². The lowest BCUT2D eigenvalue weighted by Crippen LogP contribution is -2.49. The number of nitrogens with zero attached hydrogens (tertiary/aromatic N) is 2. The zero-order valence-electron chi connectivity index (χ0n) is 15.6. The van der Waals surface area contributed by atoms with E-state index in [1.54, 1.807) is 7.11 Å².